The Morgan fingerprint density at radius 3 is 1.39 bits per heavy atom. The van der Waals surface area contributed by atoms with Crippen molar-refractivity contribution in [3.05, 3.63) is 48.6 Å². The number of hydrogen-bond donors (Lipinski definition) is 1. The fourth-order valence-electron chi connectivity index (χ4n) is 5.75. The number of unbranched alkanes of at least 4 members (excludes halogenated alkanes) is 18. The highest BCUT2D eigenvalue weighted by atomic mass is 32.2. The van der Waals surface area contributed by atoms with Crippen molar-refractivity contribution in [1.82, 2.24) is 9.62 Å². The molecule has 5 heteroatoms. The average molecular weight is 663 g/mol. The number of hydrogen-bond acceptors (Lipinski definition) is 3. The van der Waals surface area contributed by atoms with E-state index in [0.717, 1.165) is 38.6 Å². The van der Waals surface area contributed by atoms with E-state index in [1.165, 1.54) is 128 Å². The van der Waals surface area contributed by atoms with Crippen molar-refractivity contribution in [2.24, 2.45) is 0 Å². The topological polar surface area (TPSA) is 49.4 Å². The number of nitrogens with zero attached hydrogens (tertiary/aromatic N) is 1. The quantitative estimate of drug-likeness (QED) is 0.0417. The first-order valence-corrected chi connectivity index (χ1v) is 21.3. The number of allylic oxidation sites excluding steroid dienone is 8. The zero-order valence-corrected chi connectivity index (χ0v) is 32.0. The van der Waals surface area contributed by atoms with Gasteiger partial charge >= 0.3 is 0 Å². The normalized spacial score (nSPS) is 13.5. The van der Waals surface area contributed by atoms with Gasteiger partial charge in [0, 0.05) is 6.04 Å². The molecule has 1 N–H and O–H groups in total. The second-order valence-corrected chi connectivity index (χ2v) is 15.6. The Labute approximate surface area is 289 Å². The molecule has 0 fully saturated rings. The molecule has 0 heterocycles. The highest BCUT2D eigenvalue weighted by Gasteiger charge is 2.17. The van der Waals surface area contributed by atoms with Crippen LogP contribution in [0.1, 0.15) is 181 Å². The third-order valence-corrected chi connectivity index (χ3v) is 10.2. The molecule has 46 heavy (non-hydrogen) atoms. The summed E-state index contributed by atoms with van der Waals surface area (Å²) in [4.78, 5) is 2.06. The van der Waals surface area contributed by atoms with Crippen molar-refractivity contribution in [2.75, 3.05) is 26.4 Å². The Morgan fingerprint density at radius 1 is 0.522 bits per heavy atom. The number of rotatable bonds is 35. The number of sulfonamides is 1. The maximum atomic E-state index is 12.8. The third kappa shape index (κ3) is 35.7. The minimum absolute atomic E-state index is 0.0929. The second kappa shape index (κ2) is 35.1. The van der Waals surface area contributed by atoms with E-state index in [1.54, 1.807) is 0 Å². The summed E-state index contributed by atoms with van der Waals surface area (Å²) in [6.07, 6.45) is 49.6. The largest absolute Gasteiger partial charge is 0.309 e. The smallest absolute Gasteiger partial charge is 0.211 e. The van der Waals surface area contributed by atoms with Gasteiger partial charge in [0.1, 0.15) is 0 Å². The summed E-state index contributed by atoms with van der Waals surface area (Å²) in [7, 11) is 0.780. The van der Waals surface area contributed by atoms with E-state index in [0.29, 0.717) is 6.42 Å². The van der Waals surface area contributed by atoms with Gasteiger partial charge in [0.15, 0.2) is 0 Å². The Balaban J connectivity index is 4.16. The van der Waals surface area contributed by atoms with E-state index < -0.39 is 10.0 Å². The standard InChI is InChI=1S/C41H78N2O2S/c1-5-7-9-11-13-15-17-19-21-23-25-27-29-31-33-35-38-41(42-46(44,45)40-36-39-43(3)4)37-34-32-30-28-26-24-22-20-18-16-14-12-10-8-6-2/h13-16,18-21,41-42H,5-12,17,22-40H2,1-4H3/b15-13-,16-14+,20-18-,21-19-. The summed E-state index contributed by atoms with van der Waals surface area (Å²) in [5.74, 6) is 0.231. The van der Waals surface area contributed by atoms with Gasteiger partial charge in [-0.3, -0.25) is 0 Å². The van der Waals surface area contributed by atoms with Crippen LogP contribution in [0.5, 0.6) is 0 Å². The van der Waals surface area contributed by atoms with Gasteiger partial charge in [0.2, 0.25) is 10.0 Å². The molecule has 0 bridgehead atoms. The van der Waals surface area contributed by atoms with Gasteiger partial charge in [-0.25, -0.2) is 13.1 Å². The van der Waals surface area contributed by atoms with Gasteiger partial charge in [0.05, 0.1) is 5.75 Å². The molecule has 0 aliphatic rings. The fraction of sp³-hybridized carbons (Fsp3) is 0.805. The average Bonchev–Trinajstić information content (AvgIpc) is 3.02. The molecule has 0 aromatic heterocycles. The SMILES string of the molecule is CCCCC/C=C\C/C=C\CCCCCCCCC(CCCCCCCC/C=C\C=C\CCCCC)NS(=O)(=O)CCCN(C)C. The zero-order chi connectivity index (χ0) is 33.8. The summed E-state index contributed by atoms with van der Waals surface area (Å²) in [6, 6.07) is 0.0929. The molecule has 270 valence electrons. The highest BCUT2D eigenvalue weighted by molar-refractivity contribution is 7.89. The van der Waals surface area contributed by atoms with Crippen molar-refractivity contribution >= 4 is 10.0 Å². The molecular weight excluding hydrogens is 585 g/mol. The lowest BCUT2D eigenvalue weighted by Gasteiger charge is -2.19. The highest BCUT2D eigenvalue weighted by Crippen LogP contribution is 2.16. The van der Waals surface area contributed by atoms with Gasteiger partial charge < -0.3 is 4.90 Å². The van der Waals surface area contributed by atoms with E-state index in [2.05, 4.69) is 72.1 Å². The molecule has 0 rings (SSSR count). The first kappa shape index (κ1) is 44.8. The summed E-state index contributed by atoms with van der Waals surface area (Å²) in [5, 5.41) is 0. The van der Waals surface area contributed by atoms with Crippen LogP contribution in [0.2, 0.25) is 0 Å². The van der Waals surface area contributed by atoms with Gasteiger partial charge in [-0.15, -0.1) is 0 Å². The Morgan fingerprint density at radius 2 is 0.935 bits per heavy atom. The van der Waals surface area contributed by atoms with E-state index in [4.69, 9.17) is 0 Å². The predicted molar refractivity (Wildman–Crippen MR) is 207 cm³/mol. The second-order valence-electron chi connectivity index (χ2n) is 13.7. The molecule has 4 nitrogen and oxygen atoms in total. The van der Waals surface area contributed by atoms with Crippen LogP contribution in [0.3, 0.4) is 0 Å². The van der Waals surface area contributed by atoms with Crippen molar-refractivity contribution in [2.45, 2.75) is 187 Å². The zero-order valence-electron chi connectivity index (χ0n) is 31.2. The predicted octanol–water partition coefficient (Wildman–Crippen LogP) is 12.2. The monoisotopic (exact) mass is 663 g/mol. The van der Waals surface area contributed by atoms with Crippen LogP contribution in [0, 0.1) is 0 Å². The maximum absolute atomic E-state index is 12.8. The molecule has 0 aliphatic heterocycles. The van der Waals surface area contributed by atoms with Crippen molar-refractivity contribution in [1.29, 1.82) is 0 Å². The van der Waals surface area contributed by atoms with Crippen LogP contribution >= 0.6 is 0 Å². The molecule has 1 atom stereocenters. The molecule has 0 saturated carbocycles. The summed E-state index contributed by atoms with van der Waals surface area (Å²) in [6.45, 7) is 5.31. The Hall–Kier alpha value is -1.17. The van der Waals surface area contributed by atoms with Crippen LogP contribution in [-0.2, 0) is 10.0 Å². The van der Waals surface area contributed by atoms with Gasteiger partial charge in [-0.1, -0.05) is 152 Å². The third-order valence-electron chi connectivity index (χ3n) is 8.65. The van der Waals surface area contributed by atoms with Crippen molar-refractivity contribution < 1.29 is 8.42 Å². The van der Waals surface area contributed by atoms with E-state index in [1.807, 2.05) is 14.1 Å². The van der Waals surface area contributed by atoms with Gasteiger partial charge in [-0.05, 0) is 97.7 Å². The van der Waals surface area contributed by atoms with E-state index in [9.17, 15) is 8.42 Å². The Bertz CT molecular complexity index is 845. The van der Waals surface area contributed by atoms with Crippen LogP contribution in [0.25, 0.3) is 0 Å². The van der Waals surface area contributed by atoms with Crippen molar-refractivity contribution in [3.63, 3.8) is 0 Å². The van der Waals surface area contributed by atoms with Crippen molar-refractivity contribution in [3.8, 4) is 0 Å². The molecule has 0 aromatic carbocycles. The Kier molecular flexibility index (Phi) is 34.3. The molecule has 1 unspecified atom stereocenters. The molecule has 0 radical (unpaired) electrons. The fourth-order valence-corrected chi connectivity index (χ4v) is 7.12. The molecular formula is C41H78N2O2S. The molecule has 0 saturated heterocycles. The summed E-state index contributed by atoms with van der Waals surface area (Å²) >= 11 is 0. The summed E-state index contributed by atoms with van der Waals surface area (Å²) in [5.41, 5.74) is 0. The lowest BCUT2D eigenvalue weighted by Crippen LogP contribution is -2.37. The van der Waals surface area contributed by atoms with Crippen LogP contribution in [0.4, 0.5) is 0 Å². The van der Waals surface area contributed by atoms with E-state index >= 15 is 0 Å². The van der Waals surface area contributed by atoms with Gasteiger partial charge in [0.25, 0.3) is 0 Å². The van der Waals surface area contributed by atoms with Crippen LogP contribution in [-0.4, -0.2) is 45.8 Å². The lowest BCUT2D eigenvalue weighted by atomic mass is 10.0. The molecule has 0 aliphatic carbocycles. The number of nitrogens with one attached hydrogen (secondary N) is 1. The minimum Gasteiger partial charge on any atom is -0.309 e. The first-order chi connectivity index (χ1) is 22.4. The molecule has 0 spiro atoms. The first-order valence-electron chi connectivity index (χ1n) is 19.7. The van der Waals surface area contributed by atoms with Crippen LogP contribution in [0.15, 0.2) is 48.6 Å². The minimum atomic E-state index is -3.22. The maximum Gasteiger partial charge on any atom is 0.211 e. The summed E-state index contributed by atoms with van der Waals surface area (Å²) < 4.78 is 28.7. The van der Waals surface area contributed by atoms with E-state index in [-0.39, 0.29) is 11.8 Å². The lowest BCUT2D eigenvalue weighted by molar-refractivity contribution is 0.406. The molecule has 0 amide bonds. The van der Waals surface area contributed by atoms with Crippen LogP contribution < -0.4 is 4.72 Å². The van der Waals surface area contributed by atoms with Gasteiger partial charge in [-0.2, -0.15) is 0 Å². The molecule has 0 aromatic rings.